The Hall–Kier alpha value is -1.08. The molecule has 0 saturated carbocycles. The van der Waals surface area contributed by atoms with E-state index < -0.39 is 13.5 Å². The molecule has 184 valence electrons. The van der Waals surface area contributed by atoms with Crippen molar-refractivity contribution in [3.63, 3.8) is 0 Å². The van der Waals surface area contributed by atoms with Gasteiger partial charge >= 0.3 is 0 Å². The second-order valence-electron chi connectivity index (χ2n) is 10.9. The molecule has 5 heteroatoms. The van der Waals surface area contributed by atoms with E-state index in [2.05, 4.69) is 99.9 Å². The topological polar surface area (TPSA) is 26.7 Å². The van der Waals surface area contributed by atoms with Gasteiger partial charge in [-0.25, -0.2) is 0 Å². The van der Waals surface area contributed by atoms with Gasteiger partial charge in [0.05, 0.1) is 16.5 Å². The van der Waals surface area contributed by atoms with Crippen LogP contribution in [0.1, 0.15) is 52.7 Å². The van der Waals surface area contributed by atoms with Crippen LogP contribution in [-0.2, 0) is 22.1 Å². The Kier molecular flexibility index (Phi) is 11.0. The molecule has 0 aliphatic carbocycles. The van der Waals surface area contributed by atoms with Crippen molar-refractivity contribution in [2.45, 2.75) is 57.5 Å². The molecule has 32 heavy (non-hydrogen) atoms. The van der Waals surface area contributed by atoms with E-state index in [0.29, 0.717) is 0 Å². The average molecular weight is 503 g/mol. The first-order valence-electron chi connectivity index (χ1n) is 10.8. The largest absolute Gasteiger partial charge is 0.378 e. The first kappa shape index (κ1) is 30.9. The summed E-state index contributed by atoms with van der Waals surface area (Å²) in [4.78, 5) is 4.18. The normalized spacial score (nSPS) is 12.1. The molecule has 0 saturated heterocycles. The summed E-state index contributed by atoms with van der Waals surface area (Å²) in [6.07, 6.45) is 0.771. The van der Waals surface area contributed by atoms with Crippen LogP contribution in [-0.4, -0.2) is 49.8 Å². The summed E-state index contributed by atoms with van der Waals surface area (Å²) in [5.74, 6) is 0. The first-order chi connectivity index (χ1) is 13.7. The average Bonchev–Trinajstić information content (AvgIpc) is 2.64. The van der Waals surface area contributed by atoms with Gasteiger partial charge in [0.2, 0.25) is 0 Å². The van der Waals surface area contributed by atoms with E-state index >= 15 is 0 Å². The molecule has 0 aliphatic heterocycles. The molecular formula is C27H45N2NiOP. The Morgan fingerprint density at radius 2 is 0.938 bits per heavy atom. The molecule has 3 nitrogen and oxygen atoms in total. The molecular weight excluding hydrogens is 458 g/mol. The minimum atomic E-state index is -1.01. The van der Waals surface area contributed by atoms with Crippen molar-refractivity contribution in [3.05, 3.63) is 67.1 Å². The van der Waals surface area contributed by atoms with Crippen LogP contribution in [0.25, 0.3) is 0 Å². The third kappa shape index (κ3) is 7.21. The molecule has 2 aromatic rings. The van der Waals surface area contributed by atoms with Crippen LogP contribution >= 0.6 is 7.92 Å². The van der Waals surface area contributed by atoms with Crippen LogP contribution in [0.3, 0.4) is 0 Å². The Bertz CT molecular complexity index is 753. The fourth-order valence-electron chi connectivity index (χ4n) is 4.35. The fraction of sp³-hybridized carbons (Fsp3) is 0.519. The second kappa shape index (κ2) is 11.4. The number of rotatable bonds is 6. The van der Waals surface area contributed by atoms with Crippen molar-refractivity contribution in [1.29, 1.82) is 0 Å². The summed E-state index contributed by atoms with van der Waals surface area (Å²) in [5, 5.41) is 12.6. The molecule has 0 unspecified atom stereocenters. The summed E-state index contributed by atoms with van der Waals surface area (Å²) in [6.45, 7) is 14.0. The van der Waals surface area contributed by atoms with Crippen LogP contribution < -0.4 is 9.80 Å². The van der Waals surface area contributed by atoms with Crippen LogP contribution in [0.2, 0.25) is 0 Å². The van der Waals surface area contributed by atoms with Gasteiger partial charge in [-0.1, -0.05) is 24.3 Å². The van der Waals surface area contributed by atoms with Gasteiger partial charge in [0.15, 0.2) is 0 Å². The maximum atomic E-state index is 12.3. The number of aliphatic hydroxyl groups is 1. The zero-order valence-electron chi connectivity index (χ0n) is 22.0. The van der Waals surface area contributed by atoms with Gasteiger partial charge in [-0.2, -0.15) is 0 Å². The summed E-state index contributed by atoms with van der Waals surface area (Å²) in [5.41, 5.74) is 3.22. The molecule has 2 rings (SSSR count). The predicted molar refractivity (Wildman–Crippen MR) is 144 cm³/mol. The van der Waals surface area contributed by atoms with Crippen LogP contribution in [0, 0.1) is 7.43 Å². The van der Waals surface area contributed by atoms with E-state index in [1.807, 2.05) is 28.2 Å². The van der Waals surface area contributed by atoms with E-state index in [1.165, 1.54) is 0 Å². The number of hydrogen-bond acceptors (Lipinski definition) is 3. The van der Waals surface area contributed by atoms with Crippen molar-refractivity contribution < 1.29 is 21.6 Å². The smallest absolute Gasteiger partial charge is 0.148 e. The van der Waals surface area contributed by atoms with Gasteiger partial charge in [0.25, 0.3) is 0 Å². The van der Waals surface area contributed by atoms with Crippen LogP contribution in [0.15, 0.2) is 48.5 Å². The Morgan fingerprint density at radius 3 is 1.16 bits per heavy atom. The van der Waals surface area contributed by atoms with Crippen LogP contribution in [0.5, 0.6) is 0 Å². The minimum Gasteiger partial charge on any atom is -0.378 e. The number of anilines is 2. The number of benzene rings is 2. The standard InChI is InChI=1S/C26H41N2OP.CH3.Ni/c1-24(2,3)30(25(4,5)6)19-26(29,20-11-15-22(16-12-20)27(7)8)21-13-17-23(18-14-21)28(9)10;;/h11-18,29H,19H2,1-10H3;1H3;/q;-1;/p+1. The van der Waals surface area contributed by atoms with Crippen molar-refractivity contribution in [2.24, 2.45) is 0 Å². The number of nitrogens with zero attached hydrogens (tertiary/aromatic N) is 2. The van der Waals surface area contributed by atoms with E-state index in [0.717, 1.165) is 28.7 Å². The summed E-state index contributed by atoms with van der Waals surface area (Å²) in [6, 6.07) is 16.8. The number of hydrogen-bond donors (Lipinski definition) is 1. The molecule has 0 heterocycles. The van der Waals surface area contributed by atoms with Gasteiger partial charge < -0.3 is 22.3 Å². The van der Waals surface area contributed by atoms with Gasteiger partial charge in [-0.3, -0.25) is 0 Å². The Morgan fingerprint density at radius 1 is 0.656 bits per heavy atom. The van der Waals surface area contributed by atoms with Crippen molar-refractivity contribution in [2.75, 3.05) is 44.2 Å². The molecule has 0 amide bonds. The Labute approximate surface area is 209 Å². The van der Waals surface area contributed by atoms with Crippen molar-refractivity contribution in [1.82, 2.24) is 0 Å². The molecule has 1 N–H and O–H groups in total. The van der Waals surface area contributed by atoms with Crippen molar-refractivity contribution in [3.8, 4) is 0 Å². The molecule has 0 radical (unpaired) electrons. The van der Waals surface area contributed by atoms with Gasteiger partial charge in [0.1, 0.15) is 5.60 Å². The third-order valence-corrected chi connectivity index (χ3v) is 10.5. The molecule has 0 spiro atoms. The van der Waals surface area contributed by atoms with Gasteiger partial charge in [-0.15, -0.1) is 0 Å². The fourth-order valence-corrected chi connectivity index (χ4v) is 8.58. The summed E-state index contributed by atoms with van der Waals surface area (Å²) >= 11 is 0. The molecule has 0 aliphatic rings. The van der Waals surface area contributed by atoms with E-state index in [1.54, 1.807) is 0 Å². The van der Waals surface area contributed by atoms with Crippen molar-refractivity contribution >= 4 is 19.3 Å². The first-order valence-corrected chi connectivity index (χ1v) is 12.5. The molecule has 0 aromatic heterocycles. The zero-order valence-corrected chi connectivity index (χ0v) is 24.0. The monoisotopic (exact) mass is 502 g/mol. The maximum Gasteiger partial charge on any atom is 0.148 e. The van der Waals surface area contributed by atoms with Gasteiger partial charge in [0, 0.05) is 64.0 Å². The predicted octanol–water partition coefficient (Wildman–Crippen LogP) is 6.31. The summed E-state index contributed by atoms with van der Waals surface area (Å²) in [7, 11) is 7.22. The second-order valence-corrected chi connectivity index (χ2v) is 15.2. The van der Waals surface area contributed by atoms with Crippen LogP contribution in [0.4, 0.5) is 11.4 Å². The SMILES string of the molecule is CN(C)c1ccc(C(O)(C[PH+](C(C)(C)C)C(C)(C)C)c2ccc(N(C)C)cc2)cc1.[CH3-].[Ni]. The Balaban J connectivity index is 0.00000480. The molecule has 0 atom stereocenters. The zero-order chi connectivity index (χ0) is 22.9. The van der Waals surface area contributed by atoms with Gasteiger partial charge in [-0.05, 0) is 76.9 Å². The van der Waals surface area contributed by atoms with E-state index in [9.17, 15) is 5.11 Å². The molecule has 0 fully saturated rings. The van der Waals surface area contributed by atoms with E-state index in [-0.39, 0.29) is 34.2 Å². The maximum absolute atomic E-state index is 12.3. The minimum absolute atomic E-state index is 0. The van der Waals surface area contributed by atoms with E-state index in [4.69, 9.17) is 0 Å². The quantitative estimate of drug-likeness (QED) is 0.284. The summed E-state index contributed by atoms with van der Waals surface area (Å²) < 4.78 is 0. The molecule has 2 aromatic carbocycles. The third-order valence-electron chi connectivity index (χ3n) is 5.97. The molecule has 0 bridgehead atoms.